The van der Waals surface area contributed by atoms with E-state index in [9.17, 15) is 13.2 Å². The number of nitrogens with one attached hydrogen (secondary N) is 1. The van der Waals surface area contributed by atoms with Gasteiger partial charge in [0.2, 0.25) is 0 Å². The van der Waals surface area contributed by atoms with Gasteiger partial charge in [-0.1, -0.05) is 6.07 Å². The topological polar surface area (TPSA) is 24.9 Å². The molecule has 16 heavy (non-hydrogen) atoms. The van der Waals surface area contributed by atoms with E-state index >= 15 is 0 Å². The fraction of sp³-hybridized carbons (Fsp3) is 0.545. The smallest absolute Gasteiger partial charge is 0.309 e. The lowest BCUT2D eigenvalue weighted by molar-refractivity contribution is -0.135. The van der Waals surface area contributed by atoms with Crippen LogP contribution in [0.5, 0.6) is 0 Å². The summed E-state index contributed by atoms with van der Waals surface area (Å²) in [6, 6.07) is 5.49. The van der Waals surface area contributed by atoms with Crippen LogP contribution in [0.4, 0.5) is 13.2 Å². The Bertz CT molecular complexity index is 298. The number of halogens is 3. The van der Waals surface area contributed by atoms with Gasteiger partial charge in [0.15, 0.2) is 0 Å². The normalized spacial score (nSPS) is 13.8. The quantitative estimate of drug-likeness (QED) is 0.789. The molecule has 0 aliphatic heterocycles. The Morgan fingerprint density at radius 1 is 1.38 bits per heavy atom. The van der Waals surface area contributed by atoms with Gasteiger partial charge in [0.05, 0.1) is 5.69 Å². The largest absolute Gasteiger partial charge is 0.389 e. The van der Waals surface area contributed by atoms with Crippen molar-refractivity contribution in [2.75, 3.05) is 6.54 Å². The second-order valence-electron chi connectivity index (χ2n) is 3.65. The summed E-state index contributed by atoms with van der Waals surface area (Å²) in [6.07, 6.45) is -3.03. The van der Waals surface area contributed by atoms with Gasteiger partial charge in [0.1, 0.15) is 0 Å². The van der Waals surface area contributed by atoms with Gasteiger partial charge in [-0.05, 0) is 32.0 Å². The Morgan fingerprint density at radius 2 is 2.12 bits per heavy atom. The number of hydrogen-bond acceptors (Lipinski definition) is 2. The van der Waals surface area contributed by atoms with E-state index in [4.69, 9.17) is 0 Å². The first-order valence-electron chi connectivity index (χ1n) is 5.20. The molecule has 0 bridgehead atoms. The fourth-order valence-corrected chi connectivity index (χ4v) is 1.34. The molecule has 1 atom stereocenters. The Hall–Kier alpha value is -1.10. The van der Waals surface area contributed by atoms with Crippen molar-refractivity contribution >= 4 is 0 Å². The summed E-state index contributed by atoms with van der Waals surface area (Å²) in [5, 5.41) is 3.01. The summed E-state index contributed by atoms with van der Waals surface area (Å²) in [5.41, 5.74) is 0.842. The molecule has 0 saturated heterocycles. The zero-order valence-corrected chi connectivity index (χ0v) is 9.09. The molecule has 1 heterocycles. The van der Waals surface area contributed by atoms with E-state index in [-0.39, 0.29) is 12.5 Å². The molecule has 0 fully saturated rings. The van der Waals surface area contributed by atoms with E-state index in [2.05, 4.69) is 10.3 Å². The third-order valence-electron chi connectivity index (χ3n) is 2.22. The van der Waals surface area contributed by atoms with Crippen molar-refractivity contribution in [3.8, 4) is 0 Å². The summed E-state index contributed by atoms with van der Waals surface area (Å²) >= 11 is 0. The molecule has 0 amide bonds. The Labute approximate surface area is 92.9 Å². The maximum Gasteiger partial charge on any atom is 0.389 e. The first kappa shape index (κ1) is 13.0. The second kappa shape index (κ2) is 5.84. The number of rotatable bonds is 5. The van der Waals surface area contributed by atoms with Crippen LogP contribution in [0.2, 0.25) is 0 Å². The molecule has 0 unspecified atom stereocenters. The van der Waals surface area contributed by atoms with Crippen LogP contribution in [-0.2, 0) is 0 Å². The third-order valence-corrected chi connectivity index (χ3v) is 2.22. The summed E-state index contributed by atoms with van der Waals surface area (Å²) in [5.74, 6) is 0. The highest BCUT2D eigenvalue weighted by Crippen LogP contribution is 2.21. The highest BCUT2D eigenvalue weighted by Gasteiger charge is 2.25. The molecule has 0 saturated carbocycles. The van der Waals surface area contributed by atoms with Crippen molar-refractivity contribution in [2.24, 2.45) is 0 Å². The third kappa shape index (κ3) is 5.11. The molecule has 2 nitrogen and oxygen atoms in total. The Balaban J connectivity index is 2.24. The predicted molar refractivity (Wildman–Crippen MR) is 55.9 cm³/mol. The number of aromatic nitrogens is 1. The van der Waals surface area contributed by atoms with Crippen LogP contribution < -0.4 is 5.32 Å². The lowest BCUT2D eigenvalue weighted by Gasteiger charge is -2.13. The monoisotopic (exact) mass is 232 g/mol. The first-order chi connectivity index (χ1) is 7.49. The summed E-state index contributed by atoms with van der Waals surface area (Å²) < 4.78 is 35.6. The fourth-order valence-electron chi connectivity index (χ4n) is 1.34. The highest BCUT2D eigenvalue weighted by atomic mass is 19.4. The Morgan fingerprint density at radius 3 is 2.69 bits per heavy atom. The summed E-state index contributed by atoms with van der Waals surface area (Å²) in [6.45, 7) is 2.23. The average molecular weight is 232 g/mol. The molecule has 0 aromatic carbocycles. The molecule has 90 valence electrons. The second-order valence-corrected chi connectivity index (χ2v) is 3.65. The van der Waals surface area contributed by atoms with Crippen LogP contribution in [0.25, 0.3) is 0 Å². The molecular formula is C11H15F3N2. The highest BCUT2D eigenvalue weighted by molar-refractivity contribution is 5.07. The van der Waals surface area contributed by atoms with Crippen LogP contribution in [0.1, 0.15) is 31.5 Å². The van der Waals surface area contributed by atoms with Gasteiger partial charge in [0.25, 0.3) is 0 Å². The van der Waals surface area contributed by atoms with Crippen LogP contribution in [0.3, 0.4) is 0 Å². The maximum absolute atomic E-state index is 11.9. The molecule has 0 radical (unpaired) electrons. The van der Waals surface area contributed by atoms with Crippen LogP contribution >= 0.6 is 0 Å². The van der Waals surface area contributed by atoms with E-state index in [1.165, 1.54) is 0 Å². The van der Waals surface area contributed by atoms with Gasteiger partial charge in [-0.15, -0.1) is 0 Å². The van der Waals surface area contributed by atoms with Crippen molar-refractivity contribution in [2.45, 2.75) is 32.0 Å². The maximum atomic E-state index is 11.9. The molecule has 0 aliphatic rings. The molecule has 1 N–H and O–H groups in total. The minimum Gasteiger partial charge on any atom is -0.309 e. The van der Waals surface area contributed by atoms with Crippen LogP contribution in [-0.4, -0.2) is 17.7 Å². The average Bonchev–Trinajstić information content (AvgIpc) is 2.24. The van der Waals surface area contributed by atoms with Crippen LogP contribution in [0.15, 0.2) is 24.4 Å². The molecule has 1 aromatic rings. The number of nitrogens with zero attached hydrogens (tertiary/aromatic N) is 1. The Kier molecular flexibility index (Phi) is 4.73. The van der Waals surface area contributed by atoms with Crippen LogP contribution in [0, 0.1) is 0 Å². The summed E-state index contributed by atoms with van der Waals surface area (Å²) in [7, 11) is 0. The van der Waals surface area contributed by atoms with Gasteiger partial charge in [-0.3, -0.25) is 4.98 Å². The van der Waals surface area contributed by atoms with Gasteiger partial charge >= 0.3 is 6.18 Å². The van der Waals surface area contributed by atoms with E-state index in [0.29, 0.717) is 6.54 Å². The molecule has 5 heteroatoms. The number of alkyl halides is 3. The van der Waals surface area contributed by atoms with Crippen molar-refractivity contribution < 1.29 is 13.2 Å². The lowest BCUT2D eigenvalue weighted by Crippen LogP contribution is -2.22. The van der Waals surface area contributed by atoms with Gasteiger partial charge in [-0.2, -0.15) is 13.2 Å². The molecule has 0 spiro atoms. The van der Waals surface area contributed by atoms with Gasteiger partial charge in [-0.25, -0.2) is 0 Å². The predicted octanol–water partition coefficient (Wildman–Crippen LogP) is 3.07. The first-order valence-corrected chi connectivity index (χ1v) is 5.20. The zero-order chi connectivity index (χ0) is 12.0. The molecule has 0 aliphatic carbocycles. The van der Waals surface area contributed by atoms with Gasteiger partial charge < -0.3 is 5.32 Å². The lowest BCUT2D eigenvalue weighted by atomic mass is 10.2. The summed E-state index contributed by atoms with van der Waals surface area (Å²) in [4.78, 5) is 4.12. The molecule has 1 aromatic heterocycles. The molecular weight excluding hydrogens is 217 g/mol. The van der Waals surface area contributed by atoms with Crippen molar-refractivity contribution in [3.63, 3.8) is 0 Å². The SMILES string of the molecule is C[C@H](NCCCC(F)(F)F)c1ccccn1. The standard InChI is InChI=1S/C11H15F3N2/c1-9(10-5-2-3-7-16-10)15-8-4-6-11(12,13)14/h2-3,5,7,9,15H,4,6,8H2,1H3/t9-/m0/s1. The van der Waals surface area contributed by atoms with Crippen molar-refractivity contribution in [1.82, 2.24) is 10.3 Å². The molecule has 1 rings (SSSR count). The van der Waals surface area contributed by atoms with E-state index in [1.54, 1.807) is 12.3 Å². The minimum absolute atomic E-state index is 0.0190. The van der Waals surface area contributed by atoms with E-state index < -0.39 is 12.6 Å². The van der Waals surface area contributed by atoms with Crippen molar-refractivity contribution in [1.29, 1.82) is 0 Å². The van der Waals surface area contributed by atoms with Gasteiger partial charge in [0, 0.05) is 18.7 Å². The number of hydrogen-bond donors (Lipinski definition) is 1. The number of pyridine rings is 1. The minimum atomic E-state index is -4.06. The zero-order valence-electron chi connectivity index (χ0n) is 9.09. The van der Waals surface area contributed by atoms with E-state index in [0.717, 1.165) is 5.69 Å². The van der Waals surface area contributed by atoms with Crippen molar-refractivity contribution in [3.05, 3.63) is 30.1 Å². The van der Waals surface area contributed by atoms with E-state index in [1.807, 2.05) is 19.1 Å².